The summed E-state index contributed by atoms with van der Waals surface area (Å²) in [4.78, 5) is 29.2. The van der Waals surface area contributed by atoms with Gasteiger partial charge in [0.15, 0.2) is 0 Å². The van der Waals surface area contributed by atoms with E-state index in [4.69, 9.17) is 0 Å². The average Bonchev–Trinajstić information content (AvgIpc) is 2.37. The van der Waals surface area contributed by atoms with Gasteiger partial charge in [0, 0.05) is 27.2 Å². The SMILES string of the molecule is CC(C(=O)N1CCCCC1)N(C)CC(=O)N(C)C. The molecule has 0 aromatic heterocycles. The molecule has 0 bridgehead atoms. The summed E-state index contributed by atoms with van der Waals surface area (Å²) in [5.74, 6) is 0.166. The van der Waals surface area contributed by atoms with E-state index in [2.05, 4.69) is 0 Å². The number of hydrogen-bond acceptors (Lipinski definition) is 3. The van der Waals surface area contributed by atoms with Gasteiger partial charge in [0.2, 0.25) is 11.8 Å². The Labute approximate surface area is 110 Å². The molecule has 1 heterocycles. The minimum absolute atomic E-state index is 0.0239. The molecule has 0 saturated carbocycles. The lowest BCUT2D eigenvalue weighted by molar-refractivity contribution is -0.138. The van der Waals surface area contributed by atoms with Gasteiger partial charge in [0.05, 0.1) is 12.6 Å². The number of likely N-dealkylation sites (tertiary alicyclic amines) is 1. The van der Waals surface area contributed by atoms with E-state index in [1.807, 2.05) is 23.8 Å². The molecule has 1 unspecified atom stereocenters. The maximum atomic E-state index is 12.3. The van der Waals surface area contributed by atoms with Gasteiger partial charge < -0.3 is 9.80 Å². The van der Waals surface area contributed by atoms with Gasteiger partial charge in [-0.25, -0.2) is 0 Å². The van der Waals surface area contributed by atoms with E-state index >= 15 is 0 Å². The molecule has 1 aliphatic rings. The van der Waals surface area contributed by atoms with Gasteiger partial charge >= 0.3 is 0 Å². The molecule has 0 radical (unpaired) electrons. The number of nitrogens with zero attached hydrogens (tertiary/aromatic N) is 3. The van der Waals surface area contributed by atoms with Gasteiger partial charge in [-0.05, 0) is 33.2 Å². The molecule has 2 amide bonds. The summed E-state index contributed by atoms with van der Waals surface area (Å²) in [6.07, 6.45) is 3.41. The second-order valence-electron chi connectivity index (χ2n) is 5.27. The standard InChI is InChI=1S/C13H25N3O2/c1-11(15(4)10-12(17)14(2)3)13(18)16-8-6-5-7-9-16/h11H,5-10H2,1-4H3. The zero-order chi connectivity index (χ0) is 13.7. The van der Waals surface area contributed by atoms with Crippen LogP contribution in [0, 0.1) is 0 Å². The molecule has 5 nitrogen and oxygen atoms in total. The van der Waals surface area contributed by atoms with Crippen LogP contribution in [-0.4, -0.2) is 73.3 Å². The molecule has 18 heavy (non-hydrogen) atoms. The van der Waals surface area contributed by atoms with Crippen LogP contribution in [0.3, 0.4) is 0 Å². The first-order valence-electron chi connectivity index (χ1n) is 6.62. The lowest BCUT2D eigenvalue weighted by atomic mass is 10.1. The van der Waals surface area contributed by atoms with Crippen LogP contribution in [-0.2, 0) is 9.59 Å². The molecular weight excluding hydrogens is 230 g/mol. The largest absolute Gasteiger partial charge is 0.348 e. The highest BCUT2D eigenvalue weighted by Gasteiger charge is 2.26. The number of piperidine rings is 1. The van der Waals surface area contributed by atoms with E-state index in [1.165, 1.54) is 6.42 Å². The van der Waals surface area contributed by atoms with Crippen molar-refractivity contribution in [3.63, 3.8) is 0 Å². The van der Waals surface area contributed by atoms with Gasteiger partial charge in [-0.3, -0.25) is 14.5 Å². The van der Waals surface area contributed by atoms with E-state index in [-0.39, 0.29) is 24.4 Å². The van der Waals surface area contributed by atoms with E-state index in [0.717, 1.165) is 25.9 Å². The molecular formula is C13H25N3O2. The second kappa shape index (κ2) is 6.73. The third-order valence-electron chi connectivity index (χ3n) is 3.57. The number of likely N-dealkylation sites (N-methyl/N-ethyl adjacent to an activating group) is 2. The van der Waals surface area contributed by atoms with Crippen molar-refractivity contribution in [3.8, 4) is 0 Å². The Morgan fingerprint density at radius 1 is 1.11 bits per heavy atom. The van der Waals surface area contributed by atoms with Crippen LogP contribution < -0.4 is 0 Å². The molecule has 104 valence electrons. The Hall–Kier alpha value is -1.10. The number of hydrogen-bond donors (Lipinski definition) is 0. The zero-order valence-corrected chi connectivity index (χ0v) is 12.0. The quantitative estimate of drug-likeness (QED) is 0.731. The number of carbonyl (C=O) groups is 2. The lowest BCUT2D eigenvalue weighted by Gasteiger charge is -2.32. The van der Waals surface area contributed by atoms with Crippen LogP contribution in [0.2, 0.25) is 0 Å². The van der Waals surface area contributed by atoms with Crippen molar-refractivity contribution in [2.24, 2.45) is 0 Å². The summed E-state index contributed by atoms with van der Waals surface area (Å²) in [5, 5.41) is 0. The van der Waals surface area contributed by atoms with Crippen LogP contribution >= 0.6 is 0 Å². The third-order valence-corrected chi connectivity index (χ3v) is 3.57. The van der Waals surface area contributed by atoms with Crippen molar-refractivity contribution in [1.82, 2.24) is 14.7 Å². The normalized spacial score (nSPS) is 17.7. The predicted octanol–water partition coefficient (Wildman–Crippen LogP) is 0.407. The second-order valence-corrected chi connectivity index (χ2v) is 5.27. The van der Waals surface area contributed by atoms with Crippen molar-refractivity contribution in [2.75, 3.05) is 40.8 Å². The fourth-order valence-corrected chi connectivity index (χ4v) is 2.06. The van der Waals surface area contributed by atoms with Crippen molar-refractivity contribution in [1.29, 1.82) is 0 Å². The highest BCUT2D eigenvalue weighted by atomic mass is 16.2. The topological polar surface area (TPSA) is 43.9 Å². The third kappa shape index (κ3) is 3.98. The maximum absolute atomic E-state index is 12.3. The van der Waals surface area contributed by atoms with E-state index in [0.29, 0.717) is 0 Å². The molecule has 1 atom stereocenters. The first-order chi connectivity index (χ1) is 8.43. The molecule has 1 fully saturated rings. The van der Waals surface area contributed by atoms with E-state index in [1.54, 1.807) is 19.0 Å². The van der Waals surface area contributed by atoms with E-state index in [9.17, 15) is 9.59 Å². The minimum atomic E-state index is -0.230. The molecule has 0 aromatic carbocycles. The van der Waals surface area contributed by atoms with Crippen molar-refractivity contribution < 1.29 is 9.59 Å². The first-order valence-corrected chi connectivity index (χ1v) is 6.62. The Kier molecular flexibility index (Phi) is 5.59. The fourth-order valence-electron chi connectivity index (χ4n) is 2.06. The molecule has 0 N–H and O–H groups in total. The maximum Gasteiger partial charge on any atom is 0.239 e. The van der Waals surface area contributed by atoms with Crippen LogP contribution in [0.1, 0.15) is 26.2 Å². The molecule has 1 saturated heterocycles. The summed E-state index contributed by atoms with van der Waals surface area (Å²) in [6.45, 7) is 3.88. The summed E-state index contributed by atoms with van der Waals surface area (Å²) < 4.78 is 0. The predicted molar refractivity (Wildman–Crippen MR) is 71.2 cm³/mol. The van der Waals surface area contributed by atoms with E-state index < -0.39 is 0 Å². The smallest absolute Gasteiger partial charge is 0.239 e. The summed E-state index contributed by atoms with van der Waals surface area (Å²) in [5.41, 5.74) is 0. The molecule has 5 heteroatoms. The lowest BCUT2D eigenvalue weighted by Crippen LogP contribution is -2.49. The van der Waals surface area contributed by atoms with Crippen LogP contribution in [0.15, 0.2) is 0 Å². The first kappa shape index (κ1) is 15.0. The van der Waals surface area contributed by atoms with Crippen LogP contribution in [0.25, 0.3) is 0 Å². The Morgan fingerprint density at radius 2 is 1.67 bits per heavy atom. The summed E-state index contributed by atoms with van der Waals surface area (Å²) >= 11 is 0. The number of carbonyl (C=O) groups excluding carboxylic acids is 2. The minimum Gasteiger partial charge on any atom is -0.348 e. The number of rotatable bonds is 4. The van der Waals surface area contributed by atoms with Crippen molar-refractivity contribution >= 4 is 11.8 Å². The average molecular weight is 255 g/mol. The van der Waals surface area contributed by atoms with Crippen LogP contribution in [0.4, 0.5) is 0 Å². The van der Waals surface area contributed by atoms with Crippen molar-refractivity contribution in [2.45, 2.75) is 32.2 Å². The van der Waals surface area contributed by atoms with Gasteiger partial charge in [-0.1, -0.05) is 0 Å². The Morgan fingerprint density at radius 3 is 2.17 bits per heavy atom. The Balaban J connectivity index is 2.48. The highest BCUT2D eigenvalue weighted by Crippen LogP contribution is 2.11. The molecule has 0 aromatic rings. The van der Waals surface area contributed by atoms with Crippen molar-refractivity contribution in [3.05, 3.63) is 0 Å². The highest BCUT2D eigenvalue weighted by molar-refractivity contribution is 5.83. The monoisotopic (exact) mass is 255 g/mol. The molecule has 0 spiro atoms. The van der Waals surface area contributed by atoms with Gasteiger partial charge in [0.25, 0.3) is 0 Å². The molecule has 0 aliphatic carbocycles. The van der Waals surface area contributed by atoms with Gasteiger partial charge in [-0.2, -0.15) is 0 Å². The summed E-state index contributed by atoms with van der Waals surface area (Å²) in [7, 11) is 5.29. The van der Waals surface area contributed by atoms with Gasteiger partial charge in [-0.15, -0.1) is 0 Å². The van der Waals surface area contributed by atoms with Crippen LogP contribution in [0.5, 0.6) is 0 Å². The molecule has 1 rings (SSSR count). The molecule has 1 aliphatic heterocycles. The Bertz CT molecular complexity index is 299. The zero-order valence-electron chi connectivity index (χ0n) is 12.0. The fraction of sp³-hybridized carbons (Fsp3) is 0.846. The number of amides is 2. The van der Waals surface area contributed by atoms with Gasteiger partial charge in [0.1, 0.15) is 0 Å². The summed E-state index contributed by atoms with van der Waals surface area (Å²) in [6, 6.07) is -0.230.